The summed E-state index contributed by atoms with van der Waals surface area (Å²) < 4.78 is 55.8. The lowest BCUT2D eigenvalue weighted by molar-refractivity contribution is -0.274. The van der Waals surface area contributed by atoms with Gasteiger partial charge >= 0.3 is 6.36 Å². The second-order valence-electron chi connectivity index (χ2n) is 4.18. The Labute approximate surface area is 114 Å². The molecular weight excluding hydrogens is 277 g/mol. The van der Waals surface area contributed by atoms with E-state index in [1.807, 2.05) is 0 Å². The molecule has 112 valence electrons. The van der Waals surface area contributed by atoms with E-state index in [2.05, 4.69) is 4.74 Å². The van der Waals surface area contributed by atoms with Gasteiger partial charge in [-0.1, -0.05) is 0 Å². The molecule has 0 unspecified atom stereocenters. The van der Waals surface area contributed by atoms with E-state index in [0.717, 1.165) is 6.42 Å². The standard InChI is InChI=1S/C13H15F3O4/c14-13(15,16)20-11-4-2-10(3-5-11)17-9-6-12-18-7-1-8-19-12/h2-5,12H,1,6-9H2. The van der Waals surface area contributed by atoms with E-state index in [1.54, 1.807) is 0 Å². The Balaban J connectivity index is 1.73. The Morgan fingerprint density at radius 1 is 1.05 bits per heavy atom. The second kappa shape index (κ2) is 6.81. The van der Waals surface area contributed by atoms with Gasteiger partial charge in [0.05, 0.1) is 19.8 Å². The van der Waals surface area contributed by atoms with Crippen LogP contribution in [0.15, 0.2) is 24.3 Å². The number of halogens is 3. The molecule has 1 aliphatic rings. The molecule has 0 amide bonds. The Hall–Kier alpha value is -1.47. The van der Waals surface area contributed by atoms with Crippen LogP contribution in [0.4, 0.5) is 13.2 Å². The van der Waals surface area contributed by atoms with Crippen molar-refractivity contribution in [1.29, 1.82) is 0 Å². The Morgan fingerprint density at radius 3 is 2.25 bits per heavy atom. The van der Waals surface area contributed by atoms with Crippen molar-refractivity contribution in [2.75, 3.05) is 19.8 Å². The smallest absolute Gasteiger partial charge is 0.493 e. The average molecular weight is 292 g/mol. The monoisotopic (exact) mass is 292 g/mol. The predicted octanol–water partition coefficient (Wildman–Crippen LogP) is 3.12. The van der Waals surface area contributed by atoms with Gasteiger partial charge in [-0.15, -0.1) is 13.2 Å². The van der Waals surface area contributed by atoms with Crippen LogP contribution < -0.4 is 9.47 Å². The SMILES string of the molecule is FC(F)(F)Oc1ccc(OCCC2OCCCO2)cc1. The van der Waals surface area contributed by atoms with Crippen molar-refractivity contribution in [2.45, 2.75) is 25.5 Å². The molecule has 0 N–H and O–H groups in total. The molecule has 2 rings (SSSR count). The van der Waals surface area contributed by atoms with Crippen LogP contribution in [-0.2, 0) is 9.47 Å². The number of benzene rings is 1. The molecule has 20 heavy (non-hydrogen) atoms. The van der Waals surface area contributed by atoms with Crippen molar-refractivity contribution in [3.05, 3.63) is 24.3 Å². The summed E-state index contributed by atoms with van der Waals surface area (Å²) in [6.07, 6.45) is -3.49. The Bertz CT molecular complexity index is 399. The highest BCUT2D eigenvalue weighted by Crippen LogP contribution is 2.24. The highest BCUT2D eigenvalue weighted by molar-refractivity contribution is 5.31. The fourth-order valence-electron chi connectivity index (χ4n) is 1.71. The predicted molar refractivity (Wildman–Crippen MR) is 63.5 cm³/mol. The molecule has 4 nitrogen and oxygen atoms in total. The summed E-state index contributed by atoms with van der Waals surface area (Å²) in [5.74, 6) is 0.194. The van der Waals surface area contributed by atoms with Gasteiger partial charge in [-0.3, -0.25) is 0 Å². The van der Waals surface area contributed by atoms with E-state index in [9.17, 15) is 13.2 Å². The van der Waals surface area contributed by atoms with Crippen LogP contribution in [0.25, 0.3) is 0 Å². The first-order valence-corrected chi connectivity index (χ1v) is 6.25. The summed E-state index contributed by atoms with van der Waals surface area (Å²) in [6, 6.07) is 5.25. The van der Waals surface area contributed by atoms with Crippen LogP contribution in [0.5, 0.6) is 11.5 Å². The fraction of sp³-hybridized carbons (Fsp3) is 0.538. The summed E-state index contributed by atoms with van der Waals surface area (Å²) in [6.45, 7) is 1.71. The van der Waals surface area contributed by atoms with Crippen LogP contribution in [0.2, 0.25) is 0 Å². The van der Waals surface area contributed by atoms with Gasteiger partial charge in [0.1, 0.15) is 11.5 Å². The lowest BCUT2D eigenvalue weighted by Crippen LogP contribution is -2.26. The number of alkyl halides is 3. The molecule has 0 bridgehead atoms. The summed E-state index contributed by atoms with van der Waals surface area (Å²) in [7, 11) is 0. The number of hydrogen-bond acceptors (Lipinski definition) is 4. The molecule has 1 saturated heterocycles. The largest absolute Gasteiger partial charge is 0.573 e. The maximum atomic E-state index is 12.0. The van der Waals surface area contributed by atoms with Gasteiger partial charge in [-0.2, -0.15) is 0 Å². The van der Waals surface area contributed by atoms with E-state index in [1.165, 1.54) is 24.3 Å². The molecule has 7 heteroatoms. The van der Waals surface area contributed by atoms with Gasteiger partial charge in [-0.05, 0) is 30.7 Å². The van der Waals surface area contributed by atoms with Gasteiger partial charge in [0, 0.05) is 6.42 Å². The number of hydrogen-bond donors (Lipinski definition) is 0. The molecule has 0 atom stereocenters. The van der Waals surface area contributed by atoms with E-state index < -0.39 is 6.36 Å². The lowest BCUT2D eigenvalue weighted by atomic mass is 10.3. The van der Waals surface area contributed by atoms with Crippen LogP contribution in [-0.4, -0.2) is 32.5 Å². The summed E-state index contributed by atoms with van der Waals surface area (Å²) >= 11 is 0. The average Bonchev–Trinajstić information content (AvgIpc) is 2.40. The number of rotatable bonds is 5. The van der Waals surface area contributed by atoms with E-state index in [-0.39, 0.29) is 12.0 Å². The zero-order valence-corrected chi connectivity index (χ0v) is 10.7. The van der Waals surface area contributed by atoms with Gasteiger partial charge in [0.25, 0.3) is 0 Å². The lowest BCUT2D eigenvalue weighted by Gasteiger charge is -2.23. The van der Waals surface area contributed by atoms with Crippen molar-refractivity contribution in [3.63, 3.8) is 0 Å². The molecule has 0 saturated carbocycles. The van der Waals surface area contributed by atoms with Crippen molar-refractivity contribution >= 4 is 0 Å². The fourth-order valence-corrected chi connectivity index (χ4v) is 1.71. The maximum absolute atomic E-state index is 12.0. The molecule has 1 aliphatic heterocycles. The van der Waals surface area contributed by atoms with Gasteiger partial charge in [0.2, 0.25) is 0 Å². The van der Waals surface area contributed by atoms with E-state index >= 15 is 0 Å². The molecular formula is C13H15F3O4. The highest BCUT2D eigenvalue weighted by Gasteiger charge is 2.30. The minimum atomic E-state index is -4.68. The van der Waals surface area contributed by atoms with Gasteiger partial charge in [0.15, 0.2) is 6.29 Å². The molecule has 1 fully saturated rings. The molecule has 0 aromatic heterocycles. The second-order valence-corrected chi connectivity index (χ2v) is 4.18. The third kappa shape index (κ3) is 5.26. The van der Waals surface area contributed by atoms with Crippen LogP contribution >= 0.6 is 0 Å². The van der Waals surface area contributed by atoms with Crippen molar-refractivity contribution in [2.24, 2.45) is 0 Å². The molecule has 0 aliphatic carbocycles. The first kappa shape index (κ1) is 14.9. The molecule has 0 spiro atoms. The normalized spacial score (nSPS) is 16.9. The minimum absolute atomic E-state index is 0.267. The first-order chi connectivity index (χ1) is 9.53. The molecule has 1 heterocycles. The van der Waals surface area contributed by atoms with E-state index in [0.29, 0.717) is 32.0 Å². The van der Waals surface area contributed by atoms with E-state index in [4.69, 9.17) is 14.2 Å². The number of ether oxygens (including phenoxy) is 4. The minimum Gasteiger partial charge on any atom is -0.493 e. The highest BCUT2D eigenvalue weighted by atomic mass is 19.4. The summed E-state index contributed by atoms with van der Waals surface area (Å²) in [5, 5.41) is 0. The van der Waals surface area contributed by atoms with Gasteiger partial charge in [-0.25, -0.2) is 0 Å². The first-order valence-electron chi connectivity index (χ1n) is 6.25. The third-order valence-electron chi connectivity index (χ3n) is 2.58. The molecule has 1 aromatic carbocycles. The van der Waals surface area contributed by atoms with Crippen LogP contribution in [0.1, 0.15) is 12.8 Å². The molecule has 0 radical (unpaired) electrons. The summed E-state index contributed by atoms with van der Waals surface area (Å²) in [5.41, 5.74) is 0. The zero-order valence-electron chi connectivity index (χ0n) is 10.7. The van der Waals surface area contributed by atoms with Gasteiger partial charge < -0.3 is 18.9 Å². The van der Waals surface area contributed by atoms with Crippen molar-refractivity contribution in [1.82, 2.24) is 0 Å². The van der Waals surface area contributed by atoms with Crippen molar-refractivity contribution in [3.8, 4) is 11.5 Å². The van der Waals surface area contributed by atoms with Crippen LogP contribution in [0, 0.1) is 0 Å². The Kier molecular flexibility index (Phi) is 5.08. The summed E-state index contributed by atoms with van der Waals surface area (Å²) in [4.78, 5) is 0. The molecule has 1 aromatic rings. The maximum Gasteiger partial charge on any atom is 0.573 e. The quantitative estimate of drug-likeness (QED) is 0.835. The third-order valence-corrected chi connectivity index (χ3v) is 2.58. The van der Waals surface area contributed by atoms with Crippen LogP contribution in [0.3, 0.4) is 0 Å². The Morgan fingerprint density at radius 2 is 1.65 bits per heavy atom. The topological polar surface area (TPSA) is 36.9 Å². The zero-order chi connectivity index (χ0) is 14.4. The van der Waals surface area contributed by atoms with Crippen molar-refractivity contribution < 1.29 is 32.1 Å².